The van der Waals surface area contributed by atoms with Gasteiger partial charge in [0.15, 0.2) is 22.8 Å². The van der Waals surface area contributed by atoms with Gasteiger partial charge in [-0.1, -0.05) is 12.0 Å². The van der Waals surface area contributed by atoms with Gasteiger partial charge in [-0.25, -0.2) is 13.6 Å². The Labute approximate surface area is 243 Å². The highest BCUT2D eigenvalue weighted by Gasteiger charge is 2.43. The van der Waals surface area contributed by atoms with Gasteiger partial charge < -0.3 is 9.80 Å². The molecule has 1 amide bonds. The second kappa shape index (κ2) is 11.9. The Bertz CT molecular complexity index is 1710. The molecule has 0 radical (unpaired) electrons. The number of alkyl halides is 3. The predicted molar refractivity (Wildman–Crippen MR) is 148 cm³/mol. The van der Waals surface area contributed by atoms with Gasteiger partial charge in [-0.2, -0.15) is 18.2 Å². The molecule has 1 saturated carbocycles. The first kappa shape index (κ1) is 30.3. The Hall–Kier alpha value is -4.15. The highest BCUT2D eigenvalue weighted by atomic mass is 19.4. The minimum Gasteiger partial charge on any atom is -0.339 e. The van der Waals surface area contributed by atoms with Gasteiger partial charge in [-0.3, -0.25) is 23.3 Å². The molecule has 2 fully saturated rings. The molecule has 0 spiro atoms. The second-order valence-corrected chi connectivity index (χ2v) is 11.0. The third-order valence-electron chi connectivity index (χ3n) is 8.36. The number of hydrogen-bond donors (Lipinski definition) is 0. The Kier molecular flexibility index (Phi) is 8.36. The maximum atomic E-state index is 13.8. The molecule has 3 aromatic rings. The average molecular weight is 607 g/mol. The van der Waals surface area contributed by atoms with Crippen molar-refractivity contribution in [3.63, 3.8) is 0 Å². The van der Waals surface area contributed by atoms with E-state index in [1.807, 2.05) is 4.90 Å². The van der Waals surface area contributed by atoms with Crippen molar-refractivity contribution in [2.24, 2.45) is 18.9 Å². The summed E-state index contributed by atoms with van der Waals surface area (Å²) in [5.41, 5.74) is -0.880. The number of halogens is 5. The smallest absolute Gasteiger partial charge is 0.339 e. The predicted octanol–water partition coefficient (Wildman–Crippen LogP) is 3.26. The van der Waals surface area contributed by atoms with Gasteiger partial charge in [0, 0.05) is 39.1 Å². The first-order valence-corrected chi connectivity index (χ1v) is 14.0. The Balaban J connectivity index is 1.40. The molecule has 0 atom stereocenters. The monoisotopic (exact) mass is 606 g/mol. The fourth-order valence-corrected chi connectivity index (χ4v) is 5.92. The van der Waals surface area contributed by atoms with Crippen molar-refractivity contribution in [2.75, 3.05) is 31.1 Å². The molecule has 0 N–H and O–H groups in total. The minimum atomic E-state index is -4.24. The molecule has 14 heteroatoms. The van der Waals surface area contributed by atoms with Crippen molar-refractivity contribution in [1.29, 1.82) is 0 Å². The number of carbonyl (C=O) groups excluding carboxylic acids is 1. The highest BCUT2D eigenvalue weighted by molar-refractivity contribution is 5.79. The number of benzene rings is 1. The zero-order chi connectivity index (χ0) is 31.1. The van der Waals surface area contributed by atoms with Crippen LogP contribution in [0.4, 0.5) is 27.9 Å². The van der Waals surface area contributed by atoms with Crippen LogP contribution in [0.2, 0.25) is 0 Å². The topological polar surface area (TPSA) is 85.4 Å². The summed E-state index contributed by atoms with van der Waals surface area (Å²) in [5, 5.41) is 0. The van der Waals surface area contributed by atoms with Crippen LogP contribution in [0.15, 0.2) is 27.8 Å². The number of aromatic nitrogens is 4. The maximum absolute atomic E-state index is 13.8. The van der Waals surface area contributed by atoms with Crippen LogP contribution in [0.25, 0.3) is 11.2 Å². The van der Waals surface area contributed by atoms with Crippen molar-refractivity contribution in [1.82, 2.24) is 23.6 Å². The van der Waals surface area contributed by atoms with Crippen molar-refractivity contribution >= 4 is 23.0 Å². The van der Waals surface area contributed by atoms with Crippen LogP contribution in [0.3, 0.4) is 0 Å². The van der Waals surface area contributed by atoms with E-state index in [4.69, 9.17) is 0 Å². The number of hydrogen-bond acceptors (Lipinski definition) is 5. The molecule has 1 aliphatic carbocycles. The normalized spacial score (nSPS) is 19.4. The van der Waals surface area contributed by atoms with E-state index in [1.165, 1.54) is 17.7 Å². The van der Waals surface area contributed by atoms with E-state index in [2.05, 4.69) is 16.8 Å². The molecule has 0 unspecified atom stereocenters. The lowest BCUT2D eigenvalue weighted by Crippen LogP contribution is -2.51. The zero-order valence-corrected chi connectivity index (χ0v) is 23.8. The van der Waals surface area contributed by atoms with Gasteiger partial charge in [-0.05, 0) is 50.3 Å². The molecule has 0 bridgehead atoms. The van der Waals surface area contributed by atoms with Gasteiger partial charge in [0.25, 0.3) is 5.56 Å². The van der Waals surface area contributed by atoms with Crippen LogP contribution in [0, 0.1) is 35.3 Å². The maximum Gasteiger partial charge on any atom is 0.391 e. The molecule has 2 aromatic heterocycles. The van der Waals surface area contributed by atoms with Crippen molar-refractivity contribution < 1.29 is 26.7 Å². The van der Waals surface area contributed by atoms with Crippen molar-refractivity contribution in [3.8, 4) is 11.8 Å². The molecule has 1 aliphatic heterocycles. The molecule has 43 heavy (non-hydrogen) atoms. The summed E-state index contributed by atoms with van der Waals surface area (Å²) < 4.78 is 70.2. The lowest BCUT2D eigenvalue weighted by molar-refractivity contribution is -0.185. The molecule has 1 aromatic carbocycles. The number of rotatable bonds is 5. The van der Waals surface area contributed by atoms with E-state index < -0.39 is 40.9 Å². The molecule has 230 valence electrons. The quantitative estimate of drug-likeness (QED) is 0.329. The Morgan fingerprint density at radius 3 is 2.28 bits per heavy atom. The van der Waals surface area contributed by atoms with Gasteiger partial charge in [0.1, 0.15) is 0 Å². The fraction of sp³-hybridized carbons (Fsp3) is 0.517. The van der Waals surface area contributed by atoms with E-state index in [0.29, 0.717) is 32.1 Å². The zero-order valence-electron chi connectivity index (χ0n) is 23.8. The van der Waals surface area contributed by atoms with E-state index in [9.17, 15) is 36.3 Å². The molecule has 2 aliphatic rings. The van der Waals surface area contributed by atoms with Crippen molar-refractivity contribution in [3.05, 3.63) is 56.2 Å². The number of anilines is 1. The van der Waals surface area contributed by atoms with Gasteiger partial charge in [0.2, 0.25) is 11.9 Å². The summed E-state index contributed by atoms with van der Waals surface area (Å²) in [6, 6.07) is 3.15. The first-order chi connectivity index (χ1) is 20.4. The average Bonchev–Trinajstić information content (AvgIpc) is 3.38. The number of aryl methyl sites for hydroxylation is 1. The summed E-state index contributed by atoms with van der Waals surface area (Å²) >= 11 is 0. The van der Waals surface area contributed by atoms with Crippen LogP contribution in [-0.4, -0.2) is 61.8 Å². The number of fused-ring (bicyclic) bond motifs is 1. The van der Waals surface area contributed by atoms with E-state index >= 15 is 0 Å². The third-order valence-corrected chi connectivity index (χ3v) is 8.36. The van der Waals surface area contributed by atoms with Gasteiger partial charge >= 0.3 is 11.9 Å². The number of nitrogens with zero attached hydrogens (tertiary/aromatic N) is 6. The van der Waals surface area contributed by atoms with Gasteiger partial charge in [-0.15, -0.1) is 5.92 Å². The number of imidazole rings is 1. The van der Waals surface area contributed by atoms with Crippen LogP contribution in [0.5, 0.6) is 0 Å². The van der Waals surface area contributed by atoms with Crippen LogP contribution in [-0.2, 0) is 24.9 Å². The van der Waals surface area contributed by atoms with Crippen molar-refractivity contribution in [2.45, 2.75) is 51.9 Å². The molecular formula is C29H31F5N6O3. The Morgan fingerprint density at radius 1 is 1.00 bits per heavy atom. The molecule has 3 heterocycles. The standard InChI is InChI=1S/C29H31F5N6O3/c1-3-4-11-39-23-24(36(2)28(43)40(26(23)42)17-18-5-10-21(30)22(31)16-18)35-27(39)38-14-12-37(13-15-38)25(41)19-6-8-20(9-7-19)29(32,33)34/h5,10,16,19-20H,6-9,11-15,17H2,1-2H3. The summed E-state index contributed by atoms with van der Waals surface area (Å²) in [7, 11) is 1.46. The number of carbonyl (C=O) groups is 1. The second-order valence-electron chi connectivity index (χ2n) is 11.0. The largest absolute Gasteiger partial charge is 0.391 e. The Morgan fingerprint density at radius 2 is 1.67 bits per heavy atom. The lowest BCUT2D eigenvalue weighted by atomic mass is 9.81. The fourth-order valence-electron chi connectivity index (χ4n) is 5.92. The van der Waals surface area contributed by atoms with Crippen LogP contribution in [0.1, 0.15) is 38.2 Å². The lowest BCUT2D eigenvalue weighted by Gasteiger charge is -2.38. The van der Waals surface area contributed by atoms with Crippen LogP contribution < -0.4 is 16.1 Å². The summed E-state index contributed by atoms with van der Waals surface area (Å²) in [4.78, 5) is 48.1. The SMILES string of the molecule is CC#CCn1c(N2CCN(C(=O)C3CCC(C(F)(F)F)CC3)CC2)nc2c1c(=O)n(Cc1ccc(F)c(F)c1)c(=O)n2C. The van der Waals surface area contributed by atoms with Crippen LogP contribution >= 0.6 is 0 Å². The highest BCUT2D eigenvalue weighted by Crippen LogP contribution is 2.40. The van der Waals surface area contributed by atoms with E-state index in [-0.39, 0.29) is 61.4 Å². The number of piperazine rings is 1. The summed E-state index contributed by atoms with van der Waals surface area (Å²) in [5.74, 6) is 2.02. The minimum absolute atomic E-state index is 0.0469. The van der Waals surface area contributed by atoms with E-state index in [0.717, 1.165) is 16.7 Å². The first-order valence-electron chi connectivity index (χ1n) is 14.0. The molecule has 5 rings (SSSR count). The van der Waals surface area contributed by atoms with E-state index in [1.54, 1.807) is 16.4 Å². The molecular weight excluding hydrogens is 575 g/mol. The summed E-state index contributed by atoms with van der Waals surface area (Å²) in [6.07, 6.45) is -3.92. The molecule has 1 saturated heterocycles. The summed E-state index contributed by atoms with van der Waals surface area (Å²) in [6.45, 7) is 2.78. The molecule has 9 nitrogen and oxygen atoms in total. The third kappa shape index (κ3) is 5.89. The van der Waals surface area contributed by atoms with Gasteiger partial charge in [0.05, 0.1) is 19.0 Å². The number of amides is 1.